The van der Waals surface area contributed by atoms with Gasteiger partial charge in [0, 0.05) is 25.0 Å². The fourth-order valence-electron chi connectivity index (χ4n) is 2.26. The maximum Gasteiger partial charge on any atom is 0.225 e. The van der Waals surface area contributed by atoms with E-state index in [4.69, 9.17) is 5.73 Å². The molecule has 1 saturated heterocycles. The molecule has 0 spiro atoms. The van der Waals surface area contributed by atoms with Crippen LogP contribution in [0.15, 0.2) is 0 Å². The van der Waals surface area contributed by atoms with E-state index in [2.05, 4.69) is 4.72 Å². The van der Waals surface area contributed by atoms with E-state index in [0.29, 0.717) is 26.1 Å². The number of carbonyl (C=O) groups is 1. The largest absolute Gasteiger partial charge is 0.341 e. The molecule has 1 amide bonds. The molecule has 1 rings (SSSR count). The van der Waals surface area contributed by atoms with Gasteiger partial charge in [-0.1, -0.05) is 6.92 Å². The van der Waals surface area contributed by atoms with E-state index in [9.17, 15) is 13.2 Å². The normalized spacial score (nSPS) is 22.8. The van der Waals surface area contributed by atoms with Crippen molar-refractivity contribution in [3.8, 4) is 0 Å². The first-order valence-electron chi connectivity index (χ1n) is 6.29. The number of nitrogens with one attached hydrogen (secondary N) is 1. The Bertz CT molecular complexity index is 383. The third kappa shape index (κ3) is 4.91. The van der Waals surface area contributed by atoms with Crippen molar-refractivity contribution in [3.05, 3.63) is 0 Å². The number of carbonyl (C=O) groups excluding carboxylic acids is 1. The Balaban J connectivity index is 2.55. The minimum atomic E-state index is -3.21. The molecule has 0 saturated carbocycles. The van der Waals surface area contributed by atoms with Crippen molar-refractivity contribution in [2.45, 2.75) is 32.2 Å². The molecule has 3 N–H and O–H groups in total. The quantitative estimate of drug-likeness (QED) is 0.709. The van der Waals surface area contributed by atoms with Gasteiger partial charge in [-0.25, -0.2) is 13.1 Å². The molecule has 1 heterocycles. The summed E-state index contributed by atoms with van der Waals surface area (Å²) in [6.45, 7) is 3.52. The molecule has 1 fully saturated rings. The van der Waals surface area contributed by atoms with Gasteiger partial charge < -0.3 is 10.6 Å². The van der Waals surface area contributed by atoms with Gasteiger partial charge in [-0.2, -0.15) is 0 Å². The molecule has 0 bridgehead atoms. The first kappa shape index (κ1) is 15.4. The van der Waals surface area contributed by atoms with Crippen LogP contribution < -0.4 is 10.5 Å². The molecular formula is C11H23N3O3S. The molecule has 1 aliphatic rings. The predicted molar refractivity (Wildman–Crippen MR) is 70.4 cm³/mol. The van der Waals surface area contributed by atoms with E-state index in [1.165, 1.54) is 0 Å². The average Bonchev–Trinajstić information content (AvgIpc) is 2.26. The Labute approximate surface area is 109 Å². The average molecular weight is 277 g/mol. The lowest BCUT2D eigenvalue weighted by Crippen LogP contribution is -2.50. The minimum Gasteiger partial charge on any atom is -0.341 e. The van der Waals surface area contributed by atoms with Crippen molar-refractivity contribution < 1.29 is 13.2 Å². The van der Waals surface area contributed by atoms with Crippen molar-refractivity contribution in [1.82, 2.24) is 9.62 Å². The standard InChI is InChI=1S/C11H23N3O3S/c1-9(5-6-12)11(15)14-7-3-4-10(8-14)13-18(2,16)17/h9-10,13H,3-8,12H2,1-2H3. The zero-order valence-corrected chi connectivity index (χ0v) is 11.9. The minimum absolute atomic E-state index is 0.0699. The van der Waals surface area contributed by atoms with E-state index < -0.39 is 10.0 Å². The second-order valence-electron chi connectivity index (χ2n) is 4.99. The van der Waals surface area contributed by atoms with Crippen molar-refractivity contribution in [2.75, 3.05) is 25.9 Å². The van der Waals surface area contributed by atoms with Crippen LogP contribution in [0.1, 0.15) is 26.2 Å². The number of rotatable bonds is 5. The first-order chi connectivity index (χ1) is 8.33. The highest BCUT2D eigenvalue weighted by molar-refractivity contribution is 7.88. The fraction of sp³-hybridized carbons (Fsp3) is 0.909. The van der Waals surface area contributed by atoms with Crippen molar-refractivity contribution >= 4 is 15.9 Å². The van der Waals surface area contributed by atoms with Crippen LogP contribution in [0, 0.1) is 5.92 Å². The molecule has 0 radical (unpaired) electrons. The van der Waals surface area contributed by atoms with Crippen molar-refractivity contribution in [2.24, 2.45) is 11.7 Å². The number of sulfonamides is 1. The monoisotopic (exact) mass is 277 g/mol. The van der Waals surface area contributed by atoms with E-state index in [0.717, 1.165) is 19.1 Å². The highest BCUT2D eigenvalue weighted by Crippen LogP contribution is 2.15. The van der Waals surface area contributed by atoms with Gasteiger partial charge in [0.1, 0.15) is 0 Å². The third-order valence-electron chi connectivity index (χ3n) is 3.14. The first-order valence-corrected chi connectivity index (χ1v) is 8.18. The van der Waals surface area contributed by atoms with Gasteiger partial charge in [-0.3, -0.25) is 4.79 Å². The molecule has 7 heteroatoms. The zero-order chi connectivity index (χ0) is 13.8. The van der Waals surface area contributed by atoms with Crippen LogP contribution in [0.3, 0.4) is 0 Å². The van der Waals surface area contributed by atoms with Gasteiger partial charge in [0.25, 0.3) is 0 Å². The summed E-state index contributed by atoms with van der Waals surface area (Å²) in [5.41, 5.74) is 5.44. The summed E-state index contributed by atoms with van der Waals surface area (Å²) in [6.07, 6.45) is 3.42. The Morgan fingerprint density at radius 2 is 2.22 bits per heavy atom. The number of nitrogens with zero attached hydrogens (tertiary/aromatic N) is 1. The molecule has 6 nitrogen and oxygen atoms in total. The van der Waals surface area contributed by atoms with Crippen LogP contribution in [0.25, 0.3) is 0 Å². The van der Waals surface area contributed by atoms with Gasteiger partial charge in [0.15, 0.2) is 0 Å². The van der Waals surface area contributed by atoms with Crippen LogP contribution >= 0.6 is 0 Å². The number of hydrogen-bond donors (Lipinski definition) is 2. The van der Waals surface area contributed by atoms with Gasteiger partial charge in [-0.15, -0.1) is 0 Å². The lowest BCUT2D eigenvalue weighted by atomic mass is 10.0. The van der Waals surface area contributed by atoms with Crippen LogP contribution in [-0.4, -0.2) is 51.2 Å². The topological polar surface area (TPSA) is 92.5 Å². The Morgan fingerprint density at radius 1 is 1.56 bits per heavy atom. The van der Waals surface area contributed by atoms with Crippen LogP contribution in [0.4, 0.5) is 0 Å². The SMILES string of the molecule is CC(CCN)C(=O)N1CCCC(NS(C)(=O)=O)C1. The number of piperidine rings is 1. The van der Waals surface area contributed by atoms with Gasteiger partial charge in [0.05, 0.1) is 6.26 Å². The molecule has 106 valence electrons. The molecule has 2 atom stereocenters. The van der Waals surface area contributed by atoms with Gasteiger partial charge in [0.2, 0.25) is 15.9 Å². The molecule has 0 aromatic rings. The summed E-state index contributed by atoms with van der Waals surface area (Å²) in [4.78, 5) is 13.8. The second-order valence-corrected chi connectivity index (χ2v) is 6.77. The Morgan fingerprint density at radius 3 is 2.78 bits per heavy atom. The van der Waals surface area contributed by atoms with Crippen LogP contribution in [0.2, 0.25) is 0 Å². The number of amides is 1. The van der Waals surface area contributed by atoms with Crippen LogP contribution in [0.5, 0.6) is 0 Å². The summed E-state index contributed by atoms with van der Waals surface area (Å²) in [5.74, 6) is -0.0209. The van der Waals surface area contributed by atoms with Crippen LogP contribution in [-0.2, 0) is 14.8 Å². The number of hydrogen-bond acceptors (Lipinski definition) is 4. The number of nitrogens with two attached hydrogens (primary N) is 1. The highest BCUT2D eigenvalue weighted by Gasteiger charge is 2.27. The smallest absolute Gasteiger partial charge is 0.225 e. The van der Waals surface area contributed by atoms with Crippen molar-refractivity contribution in [1.29, 1.82) is 0 Å². The Kier molecular flexibility index (Phi) is 5.55. The molecule has 0 aromatic heterocycles. The summed E-state index contributed by atoms with van der Waals surface area (Å²) < 4.78 is 24.9. The maximum atomic E-state index is 12.1. The number of likely N-dealkylation sites (tertiary alicyclic amines) is 1. The summed E-state index contributed by atoms with van der Waals surface area (Å²) in [5, 5.41) is 0. The van der Waals surface area contributed by atoms with E-state index >= 15 is 0 Å². The molecule has 2 unspecified atom stereocenters. The summed E-state index contributed by atoms with van der Waals surface area (Å²) in [6, 6.07) is -0.164. The maximum absolute atomic E-state index is 12.1. The van der Waals surface area contributed by atoms with Crippen molar-refractivity contribution in [3.63, 3.8) is 0 Å². The lowest BCUT2D eigenvalue weighted by Gasteiger charge is -2.34. The summed E-state index contributed by atoms with van der Waals surface area (Å²) >= 11 is 0. The summed E-state index contributed by atoms with van der Waals surface area (Å²) in [7, 11) is -3.21. The second kappa shape index (κ2) is 6.49. The van der Waals surface area contributed by atoms with E-state index in [1.54, 1.807) is 4.90 Å². The molecule has 0 aromatic carbocycles. The molecule has 1 aliphatic heterocycles. The lowest BCUT2D eigenvalue weighted by molar-refractivity contribution is -0.136. The van der Waals surface area contributed by atoms with Gasteiger partial charge in [-0.05, 0) is 25.8 Å². The predicted octanol–water partition coefficient (Wildman–Crippen LogP) is -0.488. The third-order valence-corrected chi connectivity index (χ3v) is 3.90. The Hall–Kier alpha value is -0.660. The molecular weight excluding hydrogens is 254 g/mol. The molecule has 0 aliphatic carbocycles. The highest BCUT2D eigenvalue weighted by atomic mass is 32.2. The van der Waals surface area contributed by atoms with E-state index in [1.807, 2.05) is 6.92 Å². The molecule has 18 heavy (non-hydrogen) atoms. The fourth-order valence-corrected chi connectivity index (χ4v) is 3.06. The zero-order valence-electron chi connectivity index (χ0n) is 11.1. The van der Waals surface area contributed by atoms with E-state index in [-0.39, 0.29) is 17.9 Å². The van der Waals surface area contributed by atoms with Gasteiger partial charge >= 0.3 is 0 Å².